The van der Waals surface area contributed by atoms with Gasteiger partial charge < -0.3 is 18.8 Å². The fourth-order valence-corrected chi connectivity index (χ4v) is 4.21. The molecular weight excluding hydrogens is 378 g/mol. The molecule has 0 unspecified atom stereocenters. The summed E-state index contributed by atoms with van der Waals surface area (Å²) in [4.78, 5) is 15.0. The van der Waals surface area contributed by atoms with Crippen molar-refractivity contribution < 1.29 is 18.7 Å². The van der Waals surface area contributed by atoms with Gasteiger partial charge in [0.1, 0.15) is 11.4 Å². The van der Waals surface area contributed by atoms with Crippen LogP contribution in [0.2, 0.25) is 0 Å². The normalized spacial score (nSPS) is 20.1. The van der Waals surface area contributed by atoms with Crippen LogP contribution in [0.5, 0.6) is 5.75 Å². The Morgan fingerprint density at radius 3 is 2.50 bits per heavy atom. The molecular formula is C25H33NO4. The molecule has 1 aliphatic heterocycles. The number of hydrogen-bond donors (Lipinski definition) is 0. The summed E-state index contributed by atoms with van der Waals surface area (Å²) >= 11 is 0. The van der Waals surface area contributed by atoms with Crippen LogP contribution in [0, 0.1) is 11.3 Å². The van der Waals surface area contributed by atoms with Crippen molar-refractivity contribution in [2.24, 2.45) is 11.3 Å². The van der Waals surface area contributed by atoms with Gasteiger partial charge in [0.05, 0.1) is 19.6 Å². The summed E-state index contributed by atoms with van der Waals surface area (Å²) in [6.45, 7) is 9.88. The van der Waals surface area contributed by atoms with Gasteiger partial charge in [0.25, 0.3) is 5.91 Å². The van der Waals surface area contributed by atoms with Crippen molar-refractivity contribution in [2.75, 3.05) is 13.7 Å². The quantitative estimate of drug-likeness (QED) is 0.561. The van der Waals surface area contributed by atoms with E-state index in [1.54, 1.807) is 19.2 Å². The van der Waals surface area contributed by atoms with Gasteiger partial charge in [0.15, 0.2) is 5.76 Å². The molecule has 1 aromatic carbocycles. The van der Waals surface area contributed by atoms with E-state index in [0.29, 0.717) is 24.8 Å². The maximum absolute atomic E-state index is 13.2. The van der Waals surface area contributed by atoms with Crippen LogP contribution >= 0.6 is 0 Å². The zero-order valence-corrected chi connectivity index (χ0v) is 18.7. The average molecular weight is 412 g/mol. The van der Waals surface area contributed by atoms with Crippen LogP contribution in [-0.2, 0) is 11.3 Å². The highest BCUT2D eigenvalue weighted by Crippen LogP contribution is 2.45. The first-order chi connectivity index (χ1) is 14.2. The number of nitrogens with zero attached hydrogens (tertiary/aromatic N) is 1. The van der Waals surface area contributed by atoms with Crippen molar-refractivity contribution in [3.63, 3.8) is 0 Å². The Hall–Kier alpha value is -2.69. The van der Waals surface area contributed by atoms with Gasteiger partial charge in [-0.1, -0.05) is 26.0 Å². The maximum atomic E-state index is 13.2. The topological polar surface area (TPSA) is 51.9 Å². The van der Waals surface area contributed by atoms with E-state index in [2.05, 4.69) is 33.8 Å². The van der Waals surface area contributed by atoms with Crippen molar-refractivity contribution in [3.8, 4) is 5.75 Å². The van der Waals surface area contributed by atoms with Crippen LogP contribution in [0.15, 0.2) is 59.4 Å². The molecule has 5 nitrogen and oxygen atoms in total. The lowest BCUT2D eigenvalue weighted by Gasteiger charge is -2.44. The van der Waals surface area contributed by atoms with E-state index in [1.807, 2.05) is 35.4 Å². The van der Waals surface area contributed by atoms with Crippen LogP contribution in [0.4, 0.5) is 0 Å². The van der Waals surface area contributed by atoms with Crippen LogP contribution in [-0.4, -0.2) is 30.1 Å². The number of rotatable bonds is 8. The van der Waals surface area contributed by atoms with Gasteiger partial charge in [-0.25, -0.2) is 0 Å². The second-order valence-corrected chi connectivity index (χ2v) is 9.05. The second kappa shape index (κ2) is 8.99. The monoisotopic (exact) mass is 411 g/mol. The van der Waals surface area contributed by atoms with Gasteiger partial charge in [0, 0.05) is 13.1 Å². The zero-order valence-electron chi connectivity index (χ0n) is 18.7. The molecule has 1 atom stereocenters. The number of carbonyl (C=O) groups excluding carboxylic acids is 1. The molecule has 3 rings (SSSR count). The van der Waals surface area contributed by atoms with Gasteiger partial charge in [-0.05, 0) is 73.9 Å². The largest absolute Gasteiger partial charge is 0.497 e. The van der Waals surface area contributed by atoms with E-state index in [-0.39, 0.29) is 16.9 Å². The van der Waals surface area contributed by atoms with E-state index in [9.17, 15) is 4.79 Å². The Labute approximate surface area is 179 Å². The standard InChI is InChI=1S/C25H33NO4/c1-19(2)25(13-16-30-24(3,4)18-25)12-14-26(23(27)22-7-6-15-29-22)17-20-8-10-21(28-5)11-9-20/h6-11,13,15-16,19H,12,14,17-18H2,1-5H3/t25-/m1/s1. The number of carbonyl (C=O) groups is 1. The third-order valence-corrected chi connectivity index (χ3v) is 6.09. The molecule has 162 valence electrons. The lowest BCUT2D eigenvalue weighted by molar-refractivity contribution is -0.0213. The van der Waals surface area contributed by atoms with Crippen LogP contribution in [0.25, 0.3) is 0 Å². The SMILES string of the molecule is COc1ccc(CN(CC[C@@]2(C(C)C)C=COC(C)(C)C2)C(=O)c2ccco2)cc1. The summed E-state index contributed by atoms with van der Waals surface area (Å²) in [5, 5.41) is 0. The van der Waals surface area contributed by atoms with Crippen molar-refractivity contribution in [3.05, 3.63) is 66.3 Å². The molecule has 5 heteroatoms. The lowest BCUT2D eigenvalue weighted by atomic mass is 9.67. The summed E-state index contributed by atoms with van der Waals surface area (Å²) in [6, 6.07) is 11.3. The summed E-state index contributed by atoms with van der Waals surface area (Å²) in [6.07, 6.45) is 7.34. The molecule has 0 radical (unpaired) electrons. The minimum Gasteiger partial charge on any atom is -0.497 e. The molecule has 0 spiro atoms. The first kappa shape index (κ1) is 22.0. The van der Waals surface area contributed by atoms with Crippen LogP contribution in [0.1, 0.15) is 56.7 Å². The summed E-state index contributed by atoms with van der Waals surface area (Å²) in [5.74, 6) is 1.50. The Bertz CT molecular complexity index is 852. The molecule has 1 amide bonds. The highest BCUT2D eigenvalue weighted by atomic mass is 16.5. The summed E-state index contributed by atoms with van der Waals surface area (Å²) in [5.41, 5.74) is 0.811. The third kappa shape index (κ3) is 5.07. The Balaban J connectivity index is 1.81. The highest BCUT2D eigenvalue weighted by Gasteiger charge is 2.41. The number of amides is 1. The Morgan fingerprint density at radius 2 is 1.93 bits per heavy atom. The average Bonchev–Trinajstić information content (AvgIpc) is 3.25. The Morgan fingerprint density at radius 1 is 1.20 bits per heavy atom. The fraction of sp³-hybridized carbons (Fsp3) is 0.480. The number of methoxy groups -OCH3 is 1. The highest BCUT2D eigenvalue weighted by molar-refractivity contribution is 5.91. The number of allylic oxidation sites excluding steroid dienone is 1. The van der Waals surface area contributed by atoms with Crippen molar-refractivity contribution >= 4 is 5.91 Å². The minimum absolute atomic E-state index is 0.0245. The number of benzene rings is 1. The molecule has 0 aliphatic carbocycles. The second-order valence-electron chi connectivity index (χ2n) is 9.05. The predicted octanol–water partition coefficient (Wildman–Crippen LogP) is 5.68. The van der Waals surface area contributed by atoms with Gasteiger partial charge in [-0.15, -0.1) is 0 Å². The summed E-state index contributed by atoms with van der Waals surface area (Å²) in [7, 11) is 1.65. The Kier molecular flexibility index (Phi) is 6.59. The molecule has 0 N–H and O–H groups in total. The number of ether oxygens (including phenoxy) is 2. The first-order valence-corrected chi connectivity index (χ1v) is 10.6. The van der Waals surface area contributed by atoms with E-state index < -0.39 is 0 Å². The van der Waals surface area contributed by atoms with Gasteiger partial charge in [-0.3, -0.25) is 4.79 Å². The first-order valence-electron chi connectivity index (χ1n) is 10.6. The van der Waals surface area contributed by atoms with Gasteiger partial charge in [0.2, 0.25) is 0 Å². The molecule has 1 aromatic heterocycles. The molecule has 2 aromatic rings. The van der Waals surface area contributed by atoms with E-state index in [1.165, 1.54) is 6.26 Å². The van der Waals surface area contributed by atoms with Crippen molar-refractivity contribution in [1.29, 1.82) is 0 Å². The van der Waals surface area contributed by atoms with Crippen molar-refractivity contribution in [1.82, 2.24) is 4.90 Å². The molecule has 30 heavy (non-hydrogen) atoms. The maximum Gasteiger partial charge on any atom is 0.289 e. The van der Waals surface area contributed by atoms with E-state index >= 15 is 0 Å². The van der Waals surface area contributed by atoms with E-state index in [0.717, 1.165) is 24.2 Å². The lowest BCUT2D eigenvalue weighted by Crippen LogP contribution is -2.42. The van der Waals surface area contributed by atoms with Gasteiger partial charge >= 0.3 is 0 Å². The van der Waals surface area contributed by atoms with Gasteiger partial charge in [-0.2, -0.15) is 0 Å². The molecule has 0 fully saturated rings. The molecule has 2 heterocycles. The molecule has 0 bridgehead atoms. The zero-order chi connectivity index (χ0) is 21.8. The van der Waals surface area contributed by atoms with Crippen LogP contribution < -0.4 is 4.74 Å². The number of furan rings is 1. The predicted molar refractivity (Wildman–Crippen MR) is 117 cm³/mol. The van der Waals surface area contributed by atoms with Crippen LogP contribution in [0.3, 0.4) is 0 Å². The fourth-order valence-electron chi connectivity index (χ4n) is 4.21. The molecule has 1 aliphatic rings. The minimum atomic E-state index is -0.217. The van der Waals surface area contributed by atoms with E-state index in [4.69, 9.17) is 13.9 Å². The molecule has 0 saturated heterocycles. The van der Waals surface area contributed by atoms with Crippen molar-refractivity contribution in [2.45, 2.75) is 52.7 Å². The smallest absolute Gasteiger partial charge is 0.289 e. The third-order valence-electron chi connectivity index (χ3n) is 6.09. The number of hydrogen-bond acceptors (Lipinski definition) is 4. The molecule has 0 saturated carbocycles. The summed E-state index contributed by atoms with van der Waals surface area (Å²) < 4.78 is 16.5.